The molecule has 0 aromatic heterocycles. The fraction of sp³-hybridized carbons (Fsp3) is 0.594. The Morgan fingerprint density at radius 2 is 1.76 bits per heavy atom. The van der Waals surface area contributed by atoms with Crippen LogP contribution in [0, 0.1) is 11.8 Å². The minimum absolute atomic E-state index is 0.133. The van der Waals surface area contributed by atoms with Gasteiger partial charge in [-0.25, -0.2) is 0 Å². The third kappa shape index (κ3) is 5.42. The van der Waals surface area contributed by atoms with Gasteiger partial charge in [0.15, 0.2) is 0 Å². The van der Waals surface area contributed by atoms with Crippen molar-refractivity contribution < 1.29 is 29.0 Å². The molecule has 5 rings (SSSR count). The van der Waals surface area contributed by atoms with Crippen molar-refractivity contribution in [1.82, 2.24) is 4.90 Å². The molecular weight excluding hydrogens is 522 g/mol. The molecule has 222 valence electrons. The van der Waals surface area contributed by atoms with E-state index in [1.807, 2.05) is 48.6 Å². The molecule has 4 aliphatic rings. The van der Waals surface area contributed by atoms with Crippen LogP contribution >= 0.6 is 0 Å². The Kier molecular flexibility index (Phi) is 9.14. The summed E-state index contributed by atoms with van der Waals surface area (Å²) in [6, 6.07) is 7.07. The minimum Gasteiger partial charge on any atom is -0.465 e. The number of unbranched alkanes of at least 4 members (excludes halogenated alkanes) is 3. The van der Waals surface area contributed by atoms with E-state index >= 15 is 0 Å². The highest BCUT2D eigenvalue weighted by Gasteiger charge is 2.71. The summed E-state index contributed by atoms with van der Waals surface area (Å²) in [6.07, 6.45) is 11.5. The molecule has 4 aliphatic heterocycles. The molecular formula is C32H43N3O6. The van der Waals surface area contributed by atoms with Crippen LogP contribution in [0.2, 0.25) is 0 Å². The zero-order valence-electron chi connectivity index (χ0n) is 24.2. The summed E-state index contributed by atoms with van der Waals surface area (Å²) in [4.78, 5) is 47.7. The number of benzene rings is 1. The van der Waals surface area contributed by atoms with Gasteiger partial charge in [-0.05, 0) is 63.8 Å². The summed E-state index contributed by atoms with van der Waals surface area (Å²) in [5.74, 6) is -2.52. The SMILES string of the molecule is CCN(CC)c1ccc(N2CC=CC34O[C@@H]5/C=C\CCCOC(=O)C5[C@H]3C(=O)N(CCCCCCO)[C@@H]4C2=O)cc1. The molecule has 1 N–H and O–H groups in total. The second-order valence-electron chi connectivity index (χ2n) is 11.3. The molecule has 9 heteroatoms. The van der Waals surface area contributed by atoms with E-state index in [9.17, 15) is 14.4 Å². The van der Waals surface area contributed by atoms with Crippen LogP contribution in [0.1, 0.15) is 52.4 Å². The van der Waals surface area contributed by atoms with Gasteiger partial charge in [0.1, 0.15) is 17.6 Å². The van der Waals surface area contributed by atoms with Gasteiger partial charge in [0.25, 0.3) is 5.91 Å². The first-order valence-electron chi connectivity index (χ1n) is 15.2. The summed E-state index contributed by atoms with van der Waals surface area (Å²) in [7, 11) is 0. The van der Waals surface area contributed by atoms with Crippen molar-refractivity contribution in [3.8, 4) is 0 Å². The second-order valence-corrected chi connectivity index (χ2v) is 11.3. The monoisotopic (exact) mass is 565 g/mol. The van der Waals surface area contributed by atoms with Gasteiger partial charge in [-0.1, -0.05) is 37.1 Å². The number of aliphatic hydroxyl groups is 1. The predicted octanol–water partition coefficient (Wildman–Crippen LogP) is 3.46. The van der Waals surface area contributed by atoms with Gasteiger partial charge >= 0.3 is 5.97 Å². The molecule has 0 aliphatic carbocycles. The lowest BCUT2D eigenvalue weighted by atomic mass is 9.78. The molecule has 9 nitrogen and oxygen atoms in total. The first-order valence-corrected chi connectivity index (χ1v) is 15.2. The molecule has 0 saturated carbocycles. The lowest BCUT2D eigenvalue weighted by molar-refractivity contribution is -0.154. The van der Waals surface area contributed by atoms with Gasteiger partial charge in [0.05, 0.1) is 18.6 Å². The van der Waals surface area contributed by atoms with Gasteiger partial charge in [0.2, 0.25) is 5.91 Å². The number of amides is 2. The number of carbonyl (C=O) groups excluding carboxylic acids is 3. The Bertz CT molecular complexity index is 1160. The molecule has 5 atom stereocenters. The number of ether oxygens (including phenoxy) is 2. The second kappa shape index (κ2) is 12.8. The number of cyclic esters (lactones) is 1. The molecule has 41 heavy (non-hydrogen) atoms. The third-order valence-corrected chi connectivity index (χ3v) is 8.95. The van der Waals surface area contributed by atoms with E-state index in [1.165, 1.54) is 0 Å². The Morgan fingerprint density at radius 3 is 2.49 bits per heavy atom. The summed E-state index contributed by atoms with van der Waals surface area (Å²) in [6.45, 7) is 7.15. The average Bonchev–Trinajstić information content (AvgIpc) is 3.38. The Hall–Kier alpha value is -3.17. The number of aliphatic hydroxyl groups excluding tert-OH is 1. The molecule has 1 aromatic carbocycles. The van der Waals surface area contributed by atoms with Crippen molar-refractivity contribution in [2.45, 2.75) is 70.1 Å². The quantitative estimate of drug-likeness (QED) is 0.264. The first-order chi connectivity index (χ1) is 20.0. The van der Waals surface area contributed by atoms with Crippen LogP contribution in [0.25, 0.3) is 0 Å². The van der Waals surface area contributed by atoms with Crippen molar-refractivity contribution in [2.24, 2.45) is 11.8 Å². The summed E-state index contributed by atoms with van der Waals surface area (Å²) in [5.41, 5.74) is 0.587. The van der Waals surface area contributed by atoms with Gasteiger partial charge in [-0.15, -0.1) is 0 Å². The summed E-state index contributed by atoms with van der Waals surface area (Å²) >= 11 is 0. The smallest absolute Gasteiger partial charge is 0.312 e. The van der Waals surface area contributed by atoms with E-state index in [1.54, 1.807) is 9.80 Å². The van der Waals surface area contributed by atoms with E-state index < -0.39 is 35.6 Å². The van der Waals surface area contributed by atoms with Gasteiger partial charge in [0, 0.05) is 44.2 Å². The number of anilines is 2. The van der Waals surface area contributed by atoms with Gasteiger partial charge in [-0.2, -0.15) is 0 Å². The highest BCUT2D eigenvalue weighted by atomic mass is 16.6. The number of likely N-dealkylation sites (tertiary alicyclic amines) is 1. The average molecular weight is 566 g/mol. The number of carbonyl (C=O) groups is 3. The minimum atomic E-state index is -1.26. The molecule has 1 aromatic rings. The van der Waals surface area contributed by atoms with Crippen molar-refractivity contribution in [1.29, 1.82) is 0 Å². The number of rotatable bonds is 10. The largest absolute Gasteiger partial charge is 0.465 e. The van der Waals surface area contributed by atoms with Crippen LogP contribution in [-0.2, 0) is 23.9 Å². The van der Waals surface area contributed by atoms with Crippen molar-refractivity contribution in [2.75, 3.05) is 49.2 Å². The Balaban J connectivity index is 1.50. The molecule has 2 fully saturated rings. The maximum absolute atomic E-state index is 14.5. The van der Waals surface area contributed by atoms with E-state index in [0.717, 1.165) is 43.7 Å². The van der Waals surface area contributed by atoms with Crippen molar-refractivity contribution in [3.05, 3.63) is 48.6 Å². The number of allylic oxidation sites excluding steroid dienone is 1. The number of fused-ring (bicyclic) bond motifs is 2. The molecule has 2 unspecified atom stereocenters. The first kappa shape index (κ1) is 29.3. The molecule has 2 saturated heterocycles. The summed E-state index contributed by atoms with van der Waals surface area (Å²) < 4.78 is 12.3. The van der Waals surface area contributed by atoms with E-state index in [-0.39, 0.29) is 18.4 Å². The summed E-state index contributed by atoms with van der Waals surface area (Å²) in [5, 5.41) is 9.17. The van der Waals surface area contributed by atoms with Crippen LogP contribution in [0.3, 0.4) is 0 Å². The molecule has 4 heterocycles. The van der Waals surface area contributed by atoms with Gasteiger partial charge < -0.3 is 29.3 Å². The number of hydrogen-bond acceptors (Lipinski definition) is 7. The standard InChI is InChI=1S/C32H43N3O6/c1-3-33(4-2)23-14-16-24(17-15-23)34-20-12-18-32-27(26-25(41-32)13-8-7-11-22-40-31(26)39)29(37)35(28(32)30(34)38)19-9-5-6-10-21-36/h8,12-18,25-28,36H,3-7,9-11,19-22H2,1-2H3/b13-8-/t25-,26?,27+,28-,32?/m1/s1. The van der Waals surface area contributed by atoms with Crippen molar-refractivity contribution >= 4 is 29.2 Å². The fourth-order valence-electron chi connectivity index (χ4n) is 6.90. The Morgan fingerprint density at radius 1 is 1.00 bits per heavy atom. The fourth-order valence-corrected chi connectivity index (χ4v) is 6.90. The third-order valence-electron chi connectivity index (χ3n) is 8.95. The predicted molar refractivity (Wildman–Crippen MR) is 156 cm³/mol. The van der Waals surface area contributed by atoms with E-state index in [0.29, 0.717) is 39.0 Å². The maximum Gasteiger partial charge on any atom is 0.312 e. The maximum atomic E-state index is 14.5. The topological polar surface area (TPSA) is 99.6 Å². The molecule has 2 amide bonds. The van der Waals surface area contributed by atoms with Gasteiger partial charge in [-0.3, -0.25) is 14.4 Å². The lowest BCUT2D eigenvalue weighted by Crippen LogP contribution is -2.55. The number of esters is 1. The lowest BCUT2D eigenvalue weighted by Gasteiger charge is -2.35. The van der Waals surface area contributed by atoms with Crippen LogP contribution < -0.4 is 9.80 Å². The highest BCUT2D eigenvalue weighted by molar-refractivity contribution is 6.05. The number of hydrogen-bond donors (Lipinski definition) is 1. The molecule has 0 bridgehead atoms. The van der Waals surface area contributed by atoms with Crippen molar-refractivity contribution in [3.63, 3.8) is 0 Å². The Labute approximate surface area is 242 Å². The van der Waals surface area contributed by atoms with Crippen LogP contribution in [0.15, 0.2) is 48.6 Å². The zero-order valence-corrected chi connectivity index (χ0v) is 24.2. The number of nitrogens with zero attached hydrogens (tertiary/aromatic N) is 3. The molecule has 1 spiro atoms. The highest BCUT2D eigenvalue weighted by Crippen LogP contribution is 2.53. The van der Waals surface area contributed by atoms with E-state index in [2.05, 4.69) is 18.7 Å². The molecule has 0 radical (unpaired) electrons. The zero-order chi connectivity index (χ0) is 29.0. The normalized spacial score (nSPS) is 30.1. The van der Waals surface area contributed by atoms with E-state index in [4.69, 9.17) is 14.6 Å². The van der Waals surface area contributed by atoms with Crippen LogP contribution in [-0.4, -0.2) is 84.9 Å². The van der Waals surface area contributed by atoms with Crippen LogP contribution in [0.5, 0.6) is 0 Å². The van der Waals surface area contributed by atoms with Crippen LogP contribution in [0.4, 0.5) is 11.4 Å².